The van der Waals surface area contributed by atoms with Crippen LogP contribution < -0.4 is 9.47 Å². The Morgan fingerprint density at radius 3 is 1.33 bits per heavy atom. The minimum absolute atomic E-state index is 0.671. The topological polar surface area (TPSA) is 18.5 Å². The molecule has 0 aliphatic carbocycles. The predicted octanol–water partition coefficient (Wildman–Crippen LogP) is 6.88. The Labute approximate surface area is 149 Å². The minimum atomic E-state index is 0.671. The van der Waals surface area contributed by atoms with E-state index in [0.717, 1.165) is 24.7 Å². The fourth-order valence-corrected chi connectivity index (χ4v) is 2.86. The Morgan fingerprint density at radius 2 is 1.04 bits per heavy atom. The van der Waals surface area contributed by atoms with Crippen LogP contribution in [-0.2, 0) is 0 Å². The van der Waals surface area contributed by atoms with Crippen LogP contribution in [0, 0.1) is 11.8 Å². The van der Waals surface area contributed by atoms with Gasteiger partial charge >= 0.3 is 0 Å². The normalized spacial score (nSPS) is 13.5. The number of hydrogen-bond acceptors (Lipinski definition) is 2. The molecule has 2 heteroatoms. The molecule has 138 valence electrons. The van der Waals surface area contributed by atoms with E-state index in [1.807, 2.05) is 24.3 Å². The van der Waals surface area contributed by atoms with Gasteiger partial charge in [-0.05, 0) is 48.9 Å². The number of unbranched alkanes of at least 4 members (excludes halogenated alkanes) is 2. The molecule has 0 bridgehead atoms. The standard InChI is InChI=1S/C22H38O2/c1-5-9-11-19(7-3)17-23-21-13-15-22(16-14-21)24-18-20(8-4)12-10-6-2/h13-16,19-20H,5-12,17-18H2,1-4H3/t19-,20-/m0/s1. The molecule has 0 radical (unpaired) electrons. The summed E-state index contributed by atoms with van der Waals surface area (Å²) < 4.78 is 11.9. The van der Waals surface area contributed by atoms with Gasteiger partial charge in [0.15, 0.2) is 0 Å². The summed E-state index contributed by atoms with van der Waals surface area (Å²) in [5, 5.41) is 0. The summed E-state index contributed by atoms with van der Waals surface area (Å²) in [7, 11) is 0. The van der Waals surface area contributed by atoms with E-state index < -0.39 is 0 Å². The van der Waals surface area contributed by atoms with E-state index in [2.05, 4.69) is 27.7 Å². The third kappa shape index (κ3) is 8.61. The first-order chi connectivity index (χ1) is 11.7. The van der Waals surface area contributed by atoms with Gasteiger partial charge in [-0.3, -0.25) is 0 Å². The third-order valence-corrected chi connectivity index (χ3v) is 4.88. The van der Waals surface area contributed by atoms with Gasteiger partial charge < -0.3 is 9.47 Å². The van der Waals surface area contributed by atoms with Crippen LogP contribution in [0.15, 0.2) is 24.3 Å². The van der Waals surface area contributed by atoms with Gasteiger partial charge in [0.25, 0.3) is 0 Å². The fourth-order valence-electron chi connectivity index (χ4n) is 2.86. The molecule has 0 spiro atoms. The van der Waals surface area contributed by atoms with Gasteiger partial charge in [0.05, 0.1) is 13.2 Å². The quantitative estimate of drug-likeness (QED) is 0.369. The largest absolute Gasteiger partial charge is 0.493 e. The van der Waals surface area contributed by atoms with Crippen molar-refractivity contribution in [2.75, 3.05) is 13.2 Å². The first kappa shape index (κ1) is 20.9. The van der Waals surface area contributed by atoms with Gasteiger partial charge in [-0.15, -0.1) is 0 Å². The Bertz CT molecular complexity index is 360. The molecule has 2 atom stereocenters. The molecular formula is C22H38O2. The zero-order valence-electron chi connectivity index (χ0n) is 16.4. The molecule has 1 rings (SSSR count). The van der Waals surface area contributed by atoms with E-state index in [4.69, 9.17) is 9.47 Å². The molecule has 2 nitrogen and oxygen atoms in total. The Balaban J connectivity index is 2.36. The van der Waals surface area contributed by atoms with Gasteiger partial charge in [-0.1, -0.05) is 66.2 Å². The second-order valence-electron chi connectivity index (χ2n) is 6.93. The third-order valence-electron chi connectivity index (χ3n) is 4.88. The number of ether oxygens (including phenoxy) is 2. The molecule has 0 aliphatic rings. The highest BCUT2D eigenvalue weighted by atomic mass is 16.5. The van der Waals surface area contributed by atoms with Crippen molar-refractivity contribution in [3.05, 3.63) is 24.3 Å². The predicted molar refractivity (Wildman–Crippen MR) is 104 cm³/mol. The van der Waals surface area contributed by atoms with Crippen LogP contribution in [0.4, 0.5) is 0 Å². The Kier molecular flexibility index (Phi) is 11.4. The molecule has 1 aromatic carbocycles. The second kappa shape index (κ2) is 13.1. The SMILES string of the molecule is CCCC[C@H](CC)COc1ccc(OC[C@@H](CC)CCCC)cc1. The van der Waals surface area contributed by atoms with E-state index in [-0.39, 0.29) is 0 Å². The Hall–Kier alpha value is -1.18. The lowest BCUT2D eigenvalue weighted by molar-refractivity contribution is 0.228. The number of hydrogen-bond donors (Lipinski definition) is 0. The van der Waals surface area contributed by atoms with Gasteiger partial charge in [0.1, 0.15) is 11.5 Å². The van der Waals surface area contributed by atoms with Gasteiger partial charge in [0.2, 0.25) is 0 Å². The number of rotatable bonds is 14. The molecule has 24 heavy (non-hydrogen) atoms. The molecule has 0 heterocycles. The van der Waals surface area contributed by atoms with Crippen molar-refractivity contribution in [2.45, 2.75) is 79.1 Å². The van der Waals surface area contributed by atoms with Crippen molar-refractivity contribution in [1.82, 2.24) is 0 Å². The zero-order chi connectivity index (χ0) is 17.6. The summed E-state index contributed by atoms with van der Waals surface area (Å²) in [6.07, 6.45) is 10.0. The van der Waals surface area contributed by atoms with Crippen LogP contribution in [0.25, 0.3) is 0 Å². The maximum atomic E-state index is 5.96. The minimum Gasteiger partial charge on any atom is -0.493 e. The summed E-state index contributed by atoms with van der Waals surface area (Å²) in [6, 6.07) is 8.15. The van der Waals surface area contributed by atoms with Crippen LogP contribution in [0.3, 0.4) is 0 Å². The second-order valence-corrected chi connectivity index (χ2v) is 6.93. The van der Waals surface area contributed by atoms with Gasteiger partial charge in [0, 0.05) is 0 Å². The summed E-state index contributed by atoms with van der Waals surface area (Å²) in [5.74, 6) is 3.25. The van der Waals surface area contributed by atoms with Gasteiger partial charge in [-0.2, -0.15) is 0 Å². The molecule has 0 aliphatic heterocycles. The van der Waals surface area contributed by atoms with Crippen molar-refractivity contribution >= 4 is 0 Å². The first-order valence-electron chi connectivity index (χ1n) is 10.1. The van der Waals surface area contributed by atoms with Crippen LogP contribution in [-0.4, -0.2) is 13.2 Å². The average molecular weight is 335 g/mol. The van der Waals surface area contributed by atoms with Crippen molar-refractivity contribution in [1.29, 1.82) is 0 Å². The van der Waals surface area contributed by atoms with Crippen molar-refractivity contribution in [3.8, 4) is 11.5 Å². The first-order valence-corrected chi connectivity index (χ1v) is 10.1. The summed E-state index contributed by atoms with van der Waals surface area (Å²) in [5.41, 5.74) is 0. The number of benzene rings is 1. The summed E-state index contributed by atoms with van der Waals surface area (Å²) in [4.78, 5) is 0. The molecule has 0 amide bonds. The molecule has 0 aromatic heterocycles. The highest BCUT2D eigenvalue weighted by molar-refractivity contribution is 5.31. The van der Waals surface area contributed by atoms with E-state index >= 15 is 0 Å². The van der Waals surface area contributed by atoms with E-state index in [9.17, 15) is 0 Å². The fraction of sp³-hybridized carbons (Fsp3) is 0.727. The maximum absolute atomic E-state index is 5.96. The van der Waals surface area contributed by atoms with Crippen LogP contribution in [0.1, 0.15) is 79.1 Å². The molecule has 0 fully saturated rings. The van der Waals surface area contributed by atoms with Crippen molar-refractivity contribution in [3.63, 3.8) is 0 Å². The lowest BCUT2D eigenvalue weighted by Crippen LogP contribution is -2.12. The van der Waals surface area contributed by atoms with Gasteiger partial charge in [-0.25, -0.2) is 0 Å². The van der Waals surface area contributed by atoms with Crippen molar-refractivity contribution < 1.29 is 9.47 Å². The summed E-state index contributed by atoms with van der Waals surface area (Å²) in [6.45, 7) is 10.7. The highest BCUT2D eigenvalue weighted by Crippen LogP contribution is 2.21. The molecular weight excluding hydrogens is 296 g/mol. The average Bonchev–Trinajstić information content (AvgIpc) is 2.63. The monoisotopic (exact) mass is 334 g/mol. The van der Waals surface area contributed by atoms with E-state index in [0.29, 0.717) is 11.8 Å². The van der Waals surface area contributed by atoms with Crippen LogP contribution in [0.5, 0.6) is 11.5 Å². The van der Waals surface area contributed by atoms with E-state index in [1.54, 1.807) is 0 Å². The molecule has 0 saturated carbocycles. The van der Waals surface area contributed by atoms with Crippen LogP contribution >= 0.6 is 0 Å². The molecule has 0 saturated heterocycles. The van der Waals surface area contributed by atoms with Crippen LogP contribution in [0.2, 0.25) is 0 Å². The lowest BCUT2D eigenvalue weighted by Gasteiger charge is -2.17. The Morgan fingerprint density at radius 1 is 0.667 bits per heavy atom. The lowest BCUT2D eigenvalue weighted by atomic mass is 10.0. The maximum Gasteiger partial charge on any atom is 0.119 e. The zero-order valence-corrected chi connectivity index (χ0v) is 16.4. The molecule has 0 N–H and O–H groups in total. The molecule has 1 aromatic rings. The smallest absolute Gasteiger partial charge is 0.119 e. The van der Waals surface area contributed by atoms with Crippen molar-refractivity contribution in [2.24, 2.45) is 11.8 Å². The highest BCUT2D eigenvalue weighted by Gasteiger charge is 2.08. The van der Waals surface area contributed by atoms with E-state index in [1.165, 1.54) is 51.4 Å². The summed E-state index contributed by atoms with van der Waals surface area (Å²) >= 11 is 0. The molecule has 0 unspecified atom stereocenters.